The first-order chi connectivity index (χ1) is 9.20. The molecule has 0 amide bonds. The molecule has 0 fully saturated rings. The third-order valence-electron chi connectivity index (χ3n) is 2.96. The van der Waals surface area contributed by atoms with E-state index in [1.807, 2.05) is 24.3 Å². The van der Waals surface area contributed by atoms with Crippen molar-refractivity contribution in [1.82, 2.24) is 4.98 Å². The van der Waals surface area contributed by atoms with Gasteiger partial charge in [-0.2, -0.15) is 0 Å². The Bertz CT molecular complexity index is 531. The van der Waals surface area contributed by atoms with E-state index in [9.17, 15) is 5.11 Å². The molecule has 1 aromatic carbocycles. The first kappa shape index (κ1) is 13.8. The van der Waals surface area contributed by atoms with Crippen LogP contribution in [0, 0.1) is 0 Å². The average molecular weight is 278 g/mol. The van der Waals surface area contributed by atoms with Gasteiger partial charge < -0.3 is 9.84 Å². The van der Waals surface area contributed by atoms with Crippen LogP contribution < -0.4 is 4.74 Å². The van der Waals surface area contributed by atoms with Crippen molar-refractivity contribution in [2.24, 2.45) is 0 Å². The number of aryl methyl sites for hydroxylation is 1. The van der Waals surface area contributed by atoms with E-state index in [1.165, 1.54) is 0 Å². The predicted octanol–water partition coefficient (Wildman–Crippen LogP) is 3.41. The number of aliphatic hydroxyl groups is 1. The lowest BCUT2D eigenvalue weighted by molar-refractivity contribution is 0.167. The second-order valence-corrected chi connectivity index (χ2v) is 4.68. The highest BCUT2D eigenvalue weighted by Crippen LogP contribution is 2.29. The van der Waals surface area contributed by atoms with Gasteiger partial charge in [-0.15, -0.1) is 0 Å². The minimum atomic E-state index is -0.548. The standard InChI is InChI=1S/C15H16ClNO2/c1-19-15-10-11(5-7-13(15)16)14(18)8-6-12-4-2-3-9-17-12/h2-5,7,9-10,14,18H,6,8H2,1H3. The highest BCUT2D eigenvalue weighted by atomic mass is 35.5. The smallest absolute Gasteiger partial charge is 0.137 e. The maximum atomic E-state index is 10.2. The molecule has 0 aliphatic heterocycles. The number of methoxy groups -OCH3 is 1. The molecule has 4 heteroatoms. The van der Waals surface area contributed by atoms with Crippen LogP contribution in [0.4, 0.5) is 0 Å². The zero-order chi connectivity index (χ0) is 13.7. The average Bonchev–Trinajstić information content (AvgIpc) is 2.46. The maximum absolute atomic E-state index is 10.2. The Morgan fingerprint density at radius 1 is 1.32 bits per heavy atom. The van der Waals surface area contributed by atoms with Crippen LogP contribution in [0.2, 0.25) is 5.02 Å². The highest BCUT2D eigenvalue weighted by Gasteiger charge is 2.11. The van der Waals surface area contributed by atoms with Gasteiger partial charge in [-0.25, -0.2) is 0 Å². The summed E-state index contributed by atoms with van der Waals surface area (Å²) in [4.78, 5) is 4.24. The number of pyridine rings is 1. The molecule has 1 unspecified atom stereocenters. The van der Waals surface area contributed by atoms with E-state index in [0.29, 0.717) is 17.2 Å². The molecule has 0 spiro atoms. The van der Waals surface area contributed by atoms with Crippen LogP contribution >= 0.6 is 11.6 Å². The molecular formula is C15H16ClNO2. The van der Waals surface area contributed by atoms with Gasteiger partial charge in [0.2, 0.25) is 0 Å². The van der Waals surface area contributed by atoms with Gasteiger partial charge >= 0.3 is 0 Å². The first-order valence-electron chi connectivity index (χ1n) is 6.12. The molecule has 0 saturated heterocycles. The number of benzene rings is 1. The number of nitrogens with zero attached hydrogens (tertiary/aromatic N) is 1. The number of rotatable bonds is 5. The molecule has 0 aliphatic rings. The van der Waals surface area contributed by atoms with Crippen LogP contribution in [0.15, 0.2) is 42.6 Å². The number of aliphatic hydroxyl groups excluding tert-OH is 1. The number of hydrogen-bond acceptors (Lipinski definition) is 3. The van der Waals surface area contributed by atoms with Gasteiger partial charge in [0, 0.05) is 11.9 Å². The summed E-state index contributed by atoms with van der Waals surface area (Å²) in [5.41, 5.74) is 1.78. The van der Waals surface area contributed by atoms with Crippen molar-refractivity contribution in [3.05, 3.63) is 58.9 Å². The fourth-order valence-electron chi connectivity index (χ4n) is 1.88. The molecule has 1 N–H and O–H groups in total. The van der Waals surface area contributed by atoms with Gasteiger partial charge in [-0.1, -0.05) is 23.7 Å². The van der Waals surface area contributed by atoms with Crippen molar-refractivity contribution < 1.29 is 9.84 Å². The zero-order valence-corrected chi connectivity index (χ0v) is 11.5. The highest BCUT2D eigenvalue weighted by molar-refractivity contribution is 6.32. The van der Waals surface area contributed by atoms with E-state index in [-0.39, 0.29) is 0 Å². The molecule has 2 aromatic rings. The number of aromatic nitrogens is 1. The van der Waals surface area contributed by atoms with Crippen LogP contribution in [-0.4, -0.2) is 17.2 Å². The Kier molecular flexibility index (Phi) is 4.77. The van der Waals surface area contributed by atoms with Gasteiger partial charge in [0.25, 0.3) is 0 Å². The Labute approximate surface area is 117 Å². The first-order valence-corrected chi connectivity index (χ1v) is 6.50. The van der Waals surface area contributed by atoms with Crippen molar-refractivity contribution in [2.75, 3.05) is 7.11 Å². The van der Waals surface area contributed by atoms with E-state index >= 15 is 0 Å². The third-order valence-corrected chi connectivity index (χ3v) is 3.27. The largest absolute Gasteiger partial charge is 0.495 e. The molecule has 3 nitrogen and oxygen atoms in total. The number of ether oxygens (including phenoxy) is 1. The predicted molar refractivity (Wildman–Crippen MR) is 75.5 cm³/mol. The molecule has 0 radical (unpaired) electrons. The summed E-state index contributed by atoms with van der Waals surface area (Å²) in [5.74, 6) is 0.580. The molecule has 1 aromatic heterocycles. The molecule has 0 bridgehead atoms. The van der Waals surface area contributed by atoms with Crippen LogP contribution in [0.1, 0.15) is 23.8 Å². The SMILES string of the molecule is COc1cc(C(O)CCc2ccccn2)ccc1Cl. The summed E-state index contributed by atoms with van der Waals surface area (Å²) in [5, 5.41) is 10.7. The topological polar surface area (TPSA) is 42.4 Å². The van der Waals surface area contributed by atoms with Gasteiger partial charge in [-0.3, -0.25) is 4.98 Å². The molecule has 1 heterocycles. The summed E-state index contributed by atoms with van der Waals surface area (Å²) >= 11 is 5.96. The van der Waals surface area contributed by atoms with Gasteiger partial charge in [0.1, 0.15) is 5.75 Å². The van der Waals surface area contributed by atoms with Crippen LogP contribution in [0.5, 0.6) is 5.75 Å². The van der Waals surface area contributed by atoms with Crippen molar-refractivity contribution in [3.8, 4) is 5.75 Å². The second kappa shape index (κ2) is 6.55. The molecule has 0 aliphatic carbocycles. The van der Waals surface area contributed by atoms with Gasteiger partial charge in [-0.05, 0) is 42.7 Å². The Morgan fingerprint density at radius 3 is 2.84 bits per heavy atom. The van der Waals surface area contributed by atoms with Crippen LogP contribution in [0.25, 0.3) is 0 Å². The Morgan fingerprint density at radius 2 is 2.16 bits per heavy atom. The zero-order valence-electron chi connectivity index (χ0n) is 10.7. The minimum absolute atomic E-state index is 0.545. The summed E-state index contributed by atoms with van der Waals surface area (Å²) < 4.78 is 5.14. The molecule has 19 heavy (non-hydrogen) atoms. The molecule has 2 rings (SSSR count). The van der Waals surface area contributed by atoms with Gasteiger partial charge in [0.15, 0.2) is 0 Å². The van der Waals surface area contributed by atoms with Crippen molar-refractivity contribution in [2.45, 2.75) is 18.9 Å². The Balaban J connectivity index is 2.02. The lowest BCUT2D eigenvalue weighted by Crippen LogP contribution is -2.01. The fourth-order valence-corrected chi connectivity index (χ4v) is 2.08. The van der Waals surface area contributed by atoms with E-state index in [1.54, 1.807) is 25.4 Å². The van der Waals surface area contributed by atoms with Crippen LogP contribution in [0.3, 0.4) is 0 Å². The van der Waals surface area contributed by atoms with E-state index in [0.717, 1.165) is 17.7 Å². The molecule has 100 valence electrons. The van der Waals surface area contributed by atoms with Gasteiger partial charge in [0.05, 0.1) is 18.2 Å². The quantitative estimate of drug-likeness (QED) is 0.911. The number of hydrogen-bond donors (Lipinski definition) is 1. The normalized spacial score (nSPS) is 12.2. The fraction of sp³-hybridized carbons (Fsp3) is 0.267. The lowest BCUT2D eigenvalue weighted by Gasteiger charge is -2.12. The Hall–Kier alpha value is -1.58. The monoisotopic (exact) mass is 277 g/mol. The van der Waals surface area contributed by atoms with Crippen molar-refractivity contribution in [3.63, 3.8) is 0 Å². The summed E-state index contributed by atoms with van der Waals surface area (Å²) in [6.45, 7) is 0. The summed E-state index contributed by atoms with van der Waals surface area (Å²) in [6.07, 6.45) is 2.55. The molecular weight excluding hydrogens is 262 g/mol. The number of halogens is 1. The second-order valence-electron chi connectivity index (χ2n) is 4.27. The van der Waals surface area contributed by atoms with E-state index < -0.39 is 6.10 Å². The van der Waals surface area contributed by atoms with Crippen molar-refractivity contribution >= 4 is 11.6 Å². The molecule has 1 atom stereocenters. The third kappa shape index (κ3) is 3.69. The maximum Gasteiger partial charge on any atom is 0.137 e. The summed E-state index contributed by atoms with van der Waals surface area (Å²) in [7, 11) is 1.56. The molecule has 0 saturated carbocycles. The van der Waals surface area contributed by atoms with Crippen LogP contribution in [-0.2, 0) is 6.42 Å². The van der Waals surface area contributed by atoms with E-state index in [2.05, 4.69) is 4.98 Å². The lowest BCUT2D eigenvalue weighted by atomic mass is 10.0. The van der Waals surface area contributed by atoms with Crippen molar-refractivity contribution in [1.29, 1.82) is 0 Å². The van der Waals surface area contributed by atoms with E-state index in [4.69, 9.17) is 16.3 Å². The minimum Gasteiger partial charge on any atom is -0.495 e. The summed E-state index contributed by atoms with van der Waals surface area (Å²) in [6, 6.07) is 11.1.